The molecule has 0 amide bonds. The number of thiazole rings is 1. The molecule has 0 unspecified atom stereocenters. The fraction of sp³-hybridized carbons (Fsp3) is 0.250. The summed E-state index contributed by atoms with van der Waals surface area (Å²) in [5.41, 5.74) is 1.86. The van der Waals surface area contributed by atoms with Gasteiger partial charge >= 0.3 is 0 Å². The third kappa shape index (κ3) is 3.99. The molecule has 6 nitrogen and oxygen atoms in total. The highest BCUT2D eigenvalue weighted by Gasteiger charge is 2.09. The van der Waals surface area contributed by atoms with Crippen LogP contribution < -0.4 is 0 Å². The predicted octanol–water partition coefficient (Wildman–Crippen LogP) is 2.20. The summed E-state index contributed by atoms with van der Waals surface area (Å²) >= 11 is 1.51. The standard InChI is InChI=1S/C12H12N3O3S/c1-9-11(4-6-18-15(16)17)19-12(14-9)7-10-3-2-5-13-8-10/h2-3,5,7-8H,4,6H2,1H3. The summed E-state index contributed by atoms with van der Waals surface area (Å²) in [5, 5.41) is 10.2. The SMILES string of the molecule is Cc1nc([CH]c2cccnc2)sc1CCO[N+](=O)[O-]. The second-order valence-electron chi connectivity index (χ2n) is 3.80. The number of hydrogen-bond acceptors (Lipinski definition) is 6. The molecular formula is C12H12N3O3S. The number of aryl methyl sites for hydroxylation is 1. The molecule has 0 aliphatic rings. The summed E-state index contributed by atoms with van der Waals surface area (Å²) < 4.78 is 0. The second-order valence-corrected chi connectivity index (χ2v) is 4.91. The van der Waals surface area contributed by atoms with Gasteiger partial charge in [0, 0.05) is 23.7 Å². The van der Waals surface area contributed by atoms with E-state index >= 15 is 0 Å². The van der Waals surface area contributed by atoms with Crippen molar-refractivity contribution in [2.45, 2.75) is 13.3 Å². The molecule has 1 radical (unpaired) electrons. The minimum atomic E-state index is -0.779. The van der Waals surface area contributed by atoms with Crippen LogP contribution in [0.5, 0.6) is 0 Å². The van der Waals surface area contributed by atoms with Gasteiger partial charge in [0.1, 0.15) is 11.6 Å². The first-order valence-electron chi connectivity index (χ1n) is 5.63. The monoisotopic (exact) mass is 278 g/mol. The molecule has 0 aliphatic heterocycles. The van der Waals surface area contributed by atoms with Crippen molar-refractivity contribution in [3.05, 3.63) is 62.2 Å². The smallest absolute Gasteiger partial charge is 0.294 e. The Morgan fingerprint density at radius 3 is 3.11 bits per heavy atom. The molecule has 0 spiro atoms. The van der Waals surface area contributed by atoms with E-state index in [0.717, 1.165) is 21.1 Å². The van der Waals surface area contributed by atoms with E-state index in [2.05, 4.69) is 14.8 Å². The summed E-state index contributed by atoms with van der Waals surface area (Å²) in [6.45, 7) is 1.95. The number of rotatable bonds is 6. The number of pyridine rings is 1. The Hall–Kier alpha value is -2.02. The van der Waals surface area contributed by atoms with Crippen molar-refractivity contribution in [1.29, 1.82) is 0 Å². The maximum Gasteiger partial charge on any atom is 0.294 e. The first-order valence-corrected chi connectivity index (χ1v) is 6.45. The minimum absolute atomic E-state index is 0.0579. The Balaban J connectivity index is 1.98. The summed E-state index contributed by atoms with van der Waals surface area (Å²) in [5.74, 6) is 0. The van der Waals surface area contributed by atoms with E-state index in [9.17, 15) is 10.1 Å². The minimum Gasteiger partial charge on any atom is -0.314 e. The first-order chi connectivity index (χ1) is 9.15. The van der Waals surface area contributed by atoms with Crippen molar-refractivity contribution in [3.63, 3.8) is 0 Å². The van der Waals surface area contributed by atoms with Gasteiger partial charge in [0.05, 0.1) is 12.1 Å². The Labute approximate surface area is 114 Å². The summed E-state index contributed by atoms with van der Waals surface area (Å²) in [4.78, 5) is 23.8. The van der Waals surface area contributed by atoms with Gasteiger partial charge < -0.3 is 4.84 Å². The van der Waals surface area contributed by atoms with Gasteiger partial charge in [-0.05, 0) is 18.6 Å². The molecule has 0 saturated heterocycles. The molecule has 0 atom stereocenters. The van der Waals surface area contributed by atoms with Crippen LogP contribution in [-0.4, -0.2) is 21.7 Å². The molecule has 7 heteroatoms. The van der Waals surface area contributed by atoms with Gasteiger partial charge in [0.2, 0.25) is 0 Å². The average Bonchev–Trinajstić information content (AvgIpc) is 2.70. The highest BCUT2D eigenvalue weighted by Crippen LogP contribution is 2.22. The zero-order chi connectivity index (χ0) is 13.7. The molecule has 2 heterocycles. The zero-order valence-corrected chi connectivity index (χ0v) is 11.1. The molecule has 0 saturated carbocycles. The van der Waals surface area contributed by atoms with E-state index in [0.29, 0.717) is 6.42 Å². The van der Waals surface area contributed by atoms with Gasteiger partial charge in [0.15, 0.2) is 0 Å². The Bertz CT molecular complexity index is 557. The van der Waals surface area contributed by atoms with Crippen LogP contribution in [0.4, 0.5) is 0 Å². The van der Waals surface area contributed by atoms with Crippen molar-refractivity contribution in [2.75, 3.05) is 6.61 Å². The van der Waals surface area contributed by atoms with E-state index in [4.69, 9.17) is 0 Å². The lowest BCUT2D eigenvalue weighted by Crippen LogP contribution is -2.04. The molecular weight excluding hydrogens is 266 g/mol. The molecule has 0 bridgehead atoms. The number of nitrogens with zero attached hydrogens (tertiary/aromatic N) is 3. The van der Waals surface area contributed by atoms with Crippen LogP contribution in [0.2, 0.25) is 0 Å². The Morgan fingerprint density at radius 2 is 2.42 bits per heavy atom. The van der Waals surface area contributed by atoms with Gasteiger partial charge in [-0.3, -0.25) is 4.98 Å². The lowest BCUT2D eigenvalue weighted by atomic mass is 10.2. The van der Waals surface area contributed by atoms with Gasteiger partial charge in [0.25, 0.3) is 5.09 Å². The highest BCUT2D eigenvalue weighted by molar-refractivity contribution is 7.12. The van der Waals surface area contributed by atoms with Crippen molar-refractivity contribution in [2.24, 2.45) is 0 Å². The van der Waals surface area contributed by atoms with Crippen LogP contribution in [0, 0.1) is 23.5 Å². The largest absolute Gasteiger partial charge is 0.314 e. The van der Waals surface area contributed by atoms with Crippen LogP contribution in [0.3, 0.4) is 0 Å². The summed E-state index contributed by atoms with van der Waals surface area (Å²) in [7, 11) is 0. The van der Waals surface area contributed by atoms with Crippen molar-refractivity contribution >= 4 is 11.3 Å². The van der Waals surface area contributed by atoms with Crippen molar-refractivity contribution in [1.82, 2.24) is 9.97 Å². The van der Waals surface area contributed by atoms with E-state index in [1.807, 2.05) is 25.5 Å². The molecule has 19 heavy (non-hydrogen) atoms. The van der Waals surface area contributed by atoms with E-state index in [1.165, 1.54) is 11.3 Å². The normalized spacial score (nSPS) is 10.4. The molecule has 2 rings (SSSR count). The fourth-order valence-electron chi connectivity index (χ4n) is 1.56. The summed E-state index contributed by atoms with van der Waals surface area (Å²) in [6.07, 6.45) is 5.89. The molecule has 0 aliphatic carbocycles. The van der Waals surface area contributed by atoms with Crippen LogP contribution in [0.15, 0.2) is 24.5 Å². The topological polar surface area (TPSA) is 78.2 Å². The van der Waals surface area contributed by atoms with Crippen LogP contribution in [0.1, 0.15) is 21.1 Å². The molecule has 0 N–H and O–H groups in total. The predicted molar refractivity (Wildman–Crippen MR) is 70.2 cm³/mol. The molecule has 0 fully saturated rings. The number of hydrogen-bond donors (Lipinski definition) is 0. The fourth-order valence-corrected chi connectivity index (χ4v) is 2.57. The quantitative estimate of drug-likeness (QED) is 0.598. The van der Waals surface area contributed by atoms with Gasteiger partial charge in [-0.15, -0.1) is 21.5 Å². The zero-order valence-electron chi connectivity index (χ0n) is 10.3. The van der Waals surface area contributed by atoms with E-state index in [1.54, 1.807) is 12.4 Å². The summed E-state index contributed by atoms with van der Waals surface area (Å²) in [6, 6.07) is 3.80. The van der Waals surface area contributed by atoms with E-state index in [-0.39, 0.29) is 6.61 Å². The van der Waals surface area contributed by atoms with Crippen molar-refractivity contribution in [3.8, 4) is 0 Å². The van der Waals surface area contributed by atoms with Crippen LogP contribution in [-0.2, 0) is 11.3 Å². The Kier molecular flexibility index (Phi) is 4.40. The van der Waals surface area contributed by atoms with Gasteiger partial charge in [-0.2, -0.15) is 0 Å². The van der Waals surface area contributed by atoms with Gasteiger partial charge in [-0.25, -0.2) is 4.98 Å². The van der Waals surface area contributed by atoms with Crippen molar-refractivity contribution < 1.29 is 9.92 Å². The third-order valence-corrected chi connectivity index (χ3v) is 3.57. The highest BCUT2D eigenvalue weighted by atomic mass is 32.1. The molecule has 0 aromatic carbocycles. The maximum atomic E-state index is 10.1. The second kappa shape index (κ2) is 6.24. The van der Waals surface area contributed by atoms with Gasteiger partial charge in [-0.1, -0.05) is 6.07 Å². The molecule has 2 aromatic rings. The lowest BCUT2D eigenvalue weighted by molar-refractivity contribution is -0.757. The van der Waals surface area contributed by atoms with Crippen LogP contribution in [0.25, 0.3) is 0 Å². The molecule has 99 valence electrons. The maximum absolute atomic E-state index is 10.1. The number of aromatic nitrogens is 2. The lowest BCUT2D eigenvalue weighted by Gasteiger charge is -1.96. The van der Waals surface area contributed by atoms with Crippen LogP contribution >= 0.6 is 11.3 Å². The molecule has 2 aromatic heterocycles. The van der Waals surface area contributed by atoms with E-state index < -0.39 is 5.09 Å². The third-order valence-electron chi connectivity index (χ3n) is 2.41. The average molecular weight is 278 g/mol. The Morgan fingerprint density at radius 1 is 1.58 bits per heavy atom. The first kappa shape index (κ1) is 13.4.